The van der Waals surface area contributed by atoms with Crippen molar-refractivity contribution in [2.45, 2.75) is 59.0 Å². The van der Waals surface area contributed by atoms with Crippen molar-refractivity contribution in [3.8, 4) is 0 Å². The molecule has 0 heterocycles. The Hall–Kier alpha value is -0.0800. The fourth-order valence-corrected chi connectivity index (χ4v) is 3.28. The van der Waals surface area contributed by atoms with Crippen LogP contribution in [-0.4, -0.2) is 37.1 Å². The molecular formula is C13H28N2. The average molecular weight is 212 g/mol. The molecule has 0 spiro atoms. The van der Waals surface area contributed by atoms with Crippen molar-refractivity contribution in [2.24, 2.45) is 5.41 Å². The summed E-state index contributed by atoms with van der Waals surface area (Å²) in [5, 5.41) is 3.55. The van der Waals surface area contributed by atoms with Gasteiger partial charge < -0.3 is 5.32 Å². The first kappa shape index (κ1) is 13.0. The fraction of sp³-hybridized carbons (Fsp3) is 1.00. The first-order valence-corrected chi connectivity index (χ1v) is 6.48. The van der Waals surface area contributed by atoms with Gasteiger partial charge in [0.15, 0.2) is 0 Å². The second-order valence-electron chi connectivity index (χ2n) is 5.44. The van der Waals surface area contributed by atoms with Gasteiger partial charge in [0.2, 0.25) is 0 Å². The Balaban J connectivity index is 2.77. The summed E-state index contributed by atoms with van der Waals surface area (Å²) in [7, 11) is 2.12. The number of hydrogen-bond donors (Lipinski definition) is 1. The van der Waals surface area contributed by atoms with Gasteiger partial charge in [0.1, 0.15) is 0 Å². The predicted molar refractivity (Wildman–Crippen MR) is 67.2 cm³/mol. The van der Waals surface area contributed by atoms with Crippen molar-refractivity contribution in [1.29, 1.82) is 0 Å². The topological polar surface area (TPSA) is 15.3 Å². The van der Waals surface area contributed by atoms with Crippen LogP contribution in [0.15, 0.2) is 0 Å². The first-order chi connectivity index (χ1) is 7.06. The SMILES string of the molecule is CCN(CC)C1CCCC(C)(C)C1NC. The van der Waals surface area contributed by atoms with E-state index in [1.165, 1.54) is 32.4 Å². The third-order valence-corrected chi connectivity index (χ3v) is 4.14. The molecule has 2 heteroatoms. The largest absolute Gasteiger partial charge is 0.315 e. The standard InChI is InChI=1S/C13H28N2/c1-6-15(7-2)11-9-8-10-13(3,4)12(11)14-5/h11-12,14H,6-10H2,1-5H3. The Bertz CT molecular complexity index is 185. The normalized spacial score (nSPS) is 30.8. The molecule has 0 aromatic rings. The third-order valence-electron chi connectivity index (χ3n) is 4.14. The lowest BCUT2D eigenvalue weighted by atomic mass is 9.70. The maximum Gasteiger partial charge on any atom is 0.0271 e. The highest BCUT2D eigenvalue weighted by atomic mass is 15.2. The number of rotatable bonds is 4. The van der Waals surface area contributed by atoms with E-state index in [1.807, 2.05) is 0 Å². The van der Waals surface area contributed by atoms with Gasteiger partial charge in [-0.1, -0.05) is 34.1 Å². The summed E-state index contributed by atoms with van der Waals surface area (Å²) in [5.41, 5.74) is 0.445. The van der Waals surface area contributed by atoms with Crippen LogP contribution in [-0.2, 0) is 0 Å². The van der Waals surface area contributed by atoms with E-state index in [0.717, 1.165) is 6.04 Å². The summed E-state index contributed by atoms with van der Waals surface area (Å²) >= 11 is 0. The Morgan fingerprint density at radius 1 is 1.27 bits per heavy atom. The third kappa shape index (κ3) is 2.73. The lowest BCUT2D eigenvalue weighted by Gasteiger charge is -2.48. The highest BCUT2D eigenvalue weighted by Crippen LogP contribution is 2.37. The monoisotopic (exact) mass is 212 g/mol. The van der Waals surface area contributed by atoms with Crippen molar-refractivity contribution in [3.05, 3.63) is 0 Å². The molecule has 90 valence electrons. The minimum Gasteiger partial charge on any atom is -0.315 e. The Kier molecular flexibility index (Phi) is 4.60. The minimum atomic E-state index is 0.445. The molecule has 2 atom stereocenters. The van der Waals surface area contributed by atoms with Gasteiger partial charge in [-0.3, -0.25) is 4.90 Å². The van der Waals surface area contributed by atoms with E-state index < -0.39 is 0 Å². The van der Waals surface area contributed by atoms with E-state index in [-0.39, 0.29) is 0 Å². The van der Waals surface area contributed by atoms with Gasteiger partial charge in [0.25, 0.3) is 0 Å². The highest BCUT2D eigenvalue weighted by Gasteiger charge is 2.39. The second kappa shape index (κ2) is 5.31. The van der Waals surface area contributed by atoms with Crippen LogP contribution in [0.1, 0.15) is 47.0 Å². The molecule has 1 aliphatic rings. The van der Waals surface area contributed by atoms with E-state index in [1.54, 1.807) is 0 Å². The average Bonchev–Trinajstić information content (AvgIpc) is 2.18. The zero-order valence-electron chi connectivity index (χ0n) is 11.1. The molecule has 1 fully saturated rings. The fourth-order valence-electron chi connectivity index (χ4n) is 3.28. The van der Waals surface area contributed by atoms with Crippen LogP contribution in [0.2, 0.25) is 0 Å². The van der Waals surface area contributed by atoms with Crippen molar-refractivity contribution in [3.63, 3.8) is 0 Å². The van der Waals surface area contributed by atoms with E-state index >= 15 is 0 Å². The number of nitrogens with one attached hydrogen (secondary N) is 1. The molecule has 0 saturated heterocycles. The van der Waals surface area contributed by atoms with E-state index in [4.69, 9.17) is 0 Å². The Morgan fingerprint density at radius 2 is 1.87 bits per heavy atom. The van der Waals surface area contributed by atoms with Gasteiger partial charge in [-0.15, -0.1) is 0 Å². The zero-order chi connectivity index (χ0) is 11.5. The summed E-state index contributed by atoms with van der Waals surface area (Å²) < 4.78 is 0. The summed E-state index contributed by atoms with van der Waals surface area (Å²) in [6.45, 7) is 11.7. The molecule has 0 bridgehead atoms. The van der Waals surface area contributed by atoms with Crippen molar-refractivity contribution in [1.82, 2.24) is 10.2 Å². The lowest BCUT2D eigenvalue weighted by molar-refractivity contribution is 0.0582. The van der Waals surface area contributed by atoms with Crippen LogP contribution < -0.4 is 5.32 Å². The van der Waals surface area contributed by atoms with Gasteiger partial charge >= 0.3 is 0 Å². The molecule has 0 aromatic heterocycles. The quantitative estimate of drug-likeness (QED) is 0.770. The van der Waals surface area contributed by atoms with E-state index in [0.29, 0.717) is 11.5 Å². The van der Waals surface area contributed by atoms with Crippen LogP contribution in [0.3, 0.4) is 0 Å². The molecule has 0 aromatic carbocycles. The van der Waals surface area contributed by atoms with E-state index in [9.17, 15) is 0 Å². The molecule has 1 N–H and O–H groups in total. The van der Waals surface area contributed by atoms with Gasteiger partial charge in [0, 0.05) is 12.1 Å². The van der Waals surface area contributed by atoms with Crippen LogP contribution in [0.25, 0.3) is 0 Å². The maximum atomic E-state index is 3.55. The van der Waals surface area contributed by atoms with E-state index in [2.05, 4.69) is 45.0 Å². The predicted octanol–water partition coefficient (Wildman–Crippen LogP) is 2.49. The molecule has 1 aliphatic carbocycles. The number of likely N-dealkylation sites (N-methyl/N-ethyl adjacent to an activating group) is 2. The molecule has 0 aliphatic heterocycles. The number of hydrogen-bond acceptors (Lipinski definition) is 2. The van der Waals surface area contributed by atoms with Crippen molar-refractivity contribution < 1.29 is 0 Å². The molecule has 0 amide bonds. The molecule has 2 nitrogen and oxygen atoms in total. The lowest BCUT2D eigenvalue weighted by Crippen LogP contribution is -2.57. The smallest absolute Gasteiger partial charge is 0.0271 e. The van der Waals surface area contributed by atoms with Gasteiger partial charge in [-0.05, 0) is 38.4 Å². The summed E-state index contributed by atoms with van der Waals surface area (Å²) in [5.74, 6) is 0. The molecule has 1 rings (SSSR count). The Morgan fingerprint density at radius 3 is 2.33 bits per heavy atom. The molecule has 2 unspecified atom stereocenters. The molecular weight excluding hydrogens is 184 g/mol. The molecule has 1 saturated carbocycles. The summed E-state index contributed by atoms with van der Waals surface area (Å²) in [4.78, 5) is 2.61. The van der Waals surface area contributed by atoms with Gasteiger partial charge in [-0.25, -0.2) is 0 Å². The zero-order valence-corrected chi connectivity index (χ0v) is 11.1. The first-order valence-electron chi connectivity index (χ1n) is 6.48. The summed E-state index contributed by atoms with van der Waals surface area (Å²) in [6.07, 6.45) is 4.10. The van der Waals surface area contributed by atoms with Crippen LogP contribution in [0, 0.1) is 5.41 Å². The second-order valence-corrected chi connectivity index (χ2v) is 5.44. The van der Waals surface area contributed by atoms with Gasteiger partial charge in [-0.2, -0.15) is 0 Å². The van der Waals surface area contributed by atoms with Crippen LogP contribution >= 0.6 is 0 Å². The van der Waals surface area contributed by atoms with Gasteiger partial charge in [0.05, 0.1) is 0 Å². The maximum absolute atomic E-state index is 3.55. The van der Waals surface area contributed by atoms with Crippen molar-refractivity contribution in [2.75, 3.05) is 20.1 Å². The summed E-state index contributed by atoms with van der Waals surface area (Å²) in [6, 6.07) is 1.37. The number of nitrogens with zero attached hydrogens (tertiary/aromatic N) is 1. The molecule has 15 heavy (non-hydrogen) atoms. The molecule has 0 radical (unpaired) electrons. The Labute approximate surface area is 95.4 Å². The minimum absolute atomic E-state index is 0.445. The van der Waals surface area contributed by atoms with Crippen LogP contribution in [0.4, 0.5) is 0 Å². The van der Waals surface area contributed by atoms with Crippen molar-refractivity contribution >= 4 is 0 Å². The highest BCUT2D eigenvalue weighted by molar-refractivity contribution is 4.97. The van der Waals surface area contributed by atoms with Crippen LogP contribution in [0.5, 0.6) is 0 Å².